The Bertz CT molecular complexity index is 692. The van der Waals surface area contributed by atoms with Crippen LogP contribution in [0.5, 0.6) is 0 Å². The number of hydrogen-bond donors (Lipinski definition) is 2. The number of carboxylic acids is 1. The molecule has 0 fully saturated rings. The molecule has 1 heterocycles. The van der Waals surface area contributed by atoms with E-state index in [4.69, 9.17) is 5.11 Å². The van der Waals surface area contributed by atoms with E-state index in [1.165, 1.54) is 6.20 Å². The number of nitrogens with zero attached hydrogens (tertiary/aromatic N) is 2. The van der Waals surface area contributed by atoms with Gasteiger partial charge in [-0.05, 0) is 26.3 Å². The highest BCUT2D eigenvalue weighted by atomic mass is 16.4. The quantitative estimate of drug-likeness (QED) is 0.858. The minimum atomic E-state index is -0.964. The summed E-state index contributed by atoms with van der Waals surface area (Å²) in [6.07, 6.45) is 1.35. The standard InChI is InChI=1S/C17H21N3O3/c1-11(2)20-12(3)14(10-18-20)17(23)19-15(9-16(21)22)13-7-5-4-6-8-13/h4-8,10-11,15H,9H2,1-3H3,(H,19,23)(H,21,22). The van der Waals surface area contributed by atoms with Crippen LogP contribution in [0, 0.1) is 6.92 Å². The molecular formula is C17H21N3O3. The van der Waals surface area contributed by atoms with Crippen LogP contribution in [-0.2, 0) is 4.79 Å². The van der Waals surface area contributed by atoms with E-state index in [0.29, 0.717) is 5.56 Å². The smallest absolute Gasteiger partial charge is 0.305 e. The number of carbonyl (C=O) groups is 2. The molecule has 2 aromatic rings. The summed E-state index contributed by atoms with van der Waals surface area (Å²) in [6.45, 7) is 5.80. The van der Waals surface area contributed by atoms with Gasteiger partial charge in [-0.1, -0.05) is 30.3 Å². The lowest BCUT2D eigenvalue weighted by Crippen LogP contribution is -2.30. The third-order valence-corrected chi connectivity index (χ3v) is 3.66. The van der Waals surface area contributed by atoms with Crippen molar-refractivity contribution < 1.29 is 14.7 Å². The molecule has 0 aliphatic carbocycles. The van der Waals surface area contributed by atoms with Crippen LogP contribution in [0.15, 0.2) is 36.5 Å². The fourth-order valence-electron chi connectivity index (χ4n) is 2.52. The minimum absolute atomic E-state index is 0.153. The van der Waals surface area contributed by atoms with Crippen molar-refractivity contribution >= 4 is 11.9 Å². The summed E-state index contributed by atoms with van der Waals surface area (Å²) in [5.41, 5.74) is 1.99. The van der Waals surface area contributed by atoms with Crippen molar-refractivity contribution in [2.24, 2.45) is 0 Å². The first kappa shape index (κ1) is 16.7. The van der Waals surface area contributed by atoms with Gasteiger partial charge in [0.25, 0.3) is 5.91 Å². The average Bonchev–Trinajstić information content (AvgIpc) is 2.89. The largest absolute Gasteiger partial charge is 0.481 e. The maximum atomic E-state index is 12.5. The van der Waals surface area contributed by atoms with E-state index in [0.717, 1.165) is 11.3 Å². The second-order valence-electron chi connectivity index (χ2n) is 5.72. The molecule has 0 aliphatic rings. The van der Waals surface area contributed by atoms with Gasteiger partial charge in [-0.3, -0.25) is 14.3 Å². The zero-order valence-corrected chi connectivity index (χ0v) is 13.5. The number of benzene rings is 1. The fourth-order valence-corrected chi connectivity index (χ4v) is 2.52. The van der Waals surface area contributed by atoms with Gasteiger partial charge in [-0.2, -0.15) is 5.10 Å². The summed E-state index contributed by atoms with van der Waals surface area (Å²) in [4.78, 5) is 23.6. The molecule has 1 amide bonds. The Morgan fingerprint density at radius 2 is 1.91 bits per heavy atom. The third-order valence-electron chi connectivity index (χ3n) is 3.66. The summed E-state index contributed by atoms with van der Waals surface area (Å²) in [6, 6.07) is 8.66. The van der Waals surface area contributed by atoms with Crippen LogP contribution in [0.4, 0.5) is 0 Å². The Kier molecular flexibility index (Phi) is 5.16. The Labute approximate surface area is 135 Å². The predicted octanol–water partition coefficient (Wildman–Crippen LogP) is 2.72. The minimum Gasteiger partial charge on any atom is -0.481 e. The van der Waals surface area contributed by atoms with Crippen LogP contribution in [0.25, 0.3) is 0 Å². The first-order chi connectivity index (χ1) is 10.9. The fraction of sp³-hybridized carbons (Fsp3) is 0.353. The van der Waals surface area contributed by atoms with E-state index in [2.05, 4.69) is 10.4 Å². The molecule has 122 valence electrons. The van der Waals surface area contributed by atoms with Crippen LogP contribution in [0.2, 0.25) is 0 Å². The SMILES string of the molecule is Cc1c(C(=O)NC(CC(=O)O)c2ccccc2)cnn1C(C)C. The average molecular weight is 315 g/mol. The highest BCUT2D eigenvalue weighted by Gasteiger charge is 2.21. The van der Waals surface area contributed by atoms with E-state index in [1.54, 1.807) is 16.8 Å². The lowest BCUT2D eigenvalue weighted by atomic mass is 10.0. The Morgan fingerprint density at radius 3 is 2.43 bits per heavy atom. The number of carboxylic acid groups (broad SMARTS) is 1. The molecule has 0 spiro atoms. The Balaban J connectivity index is 2.22. The van der Waals surface area contributed by atoms with Crippen LogP contribution < -0.4 is 5.32 Å². The number of carbonyl (C=O) groups excluding carboxylic acids is 1. The van der Waals surface area contributed by atoms with Crippen molar-refractivity contribution in [2.45, 2.75) is 39.3 Å². The van der Waals surface area contributed by atoms with Gasteiger partial charge >= 0.3 is 5.97 Å². The number of aromatic nitrogens is 2. The second kappa shape index (κ2) is 7.09. The number of nitrogens with one attached hydrogen (secondary N) is 1. The zero-order chi connectivity index (χ0) is 17.0. The first-order valence-electron chi connectivity index (χ1n) is 7.52. The lowest BCUT2D eigenvalue weighted by Gasteiger charge is -2.17. The van der Waals surface area contributed by atoms with Gasteiger partial charge in [-0.15, -0.1) is 0 Å². The van der Waals surface area contributed by atoms with E-state index >= 15 is 0 Å². The lowest BCUT2D eigenvalue weighted by molar-refractivity contribution is -0.137. The summed E-state index contributed by atoms with van der Waals surface area (Å²) in [7, 11) is 0. The molecule has 2 rings (SSSR count). The summed E-state index contributed by atoms with van der Waals surface area (Å²) < 4.78 is 1.77. The summed E-state index contributed by atoms with van der Waals surface area (Å²) in [5.74, 6) is -1.28. The van der Waals surface area contributed by atoms with E-state index in [-0.39, 0.29) is 18.4 Å². The topological polar surface area (TPSA) is 84.2 Å². The van der Waals surface area contributed by atoms with Crippen LogP contribution in [0.1, 0.15) is 54.0 Å². The molecule has 0 saturated carbocycles. The van der Waals surface area contributed by atoms with E-state index < -0.39 is 12.0 Å². The molecule has 0 bridgehead atoms. The van der Waals surface area contributed by atoms with Gasteiger partial charge in [-0.25, -0.2) is 0 Å². The van der Waals surface area contributed by atoms with Gasteiger partial charge < -0.3 is 10.4 Å². The predicted molar refractivity (Wildman–Crippen MR) is 86.3 cm³/mol. The number of aliphatic carboxylic acids is 1. The molecule has 0 aliphatic heterocycles. The third kappa shape index (κ3) is 3.97. The molecule has 0 radical (unpaired) electrons. The van der Waals surface area contributed by atoms with Crippen LogP contribution in [-0.4, -0.2) is 26.8 Å². The second-order valence-corrected chi connectivity index (χ2v) is 5.72. The van der Waals surface area contributed by atoms with Gasteiger partial charge in [0.2, 0.25) is 0 Å². The molecule has 0 saturated heterocycles. The Hall–Kier alpha value is -2.63. The molecule has 1 aromatic heterocycles. The summed E-state index contributed by atoms with van der Waals surface area (Å²) >= 11 is 0. The van der Waals surface area contributed by atoms with Gasteiger partial charge in [0.05, 0.1) is 24.2 Å². The first-order valence-corrected chi connectivity index (χ1v) is 7.52. The highest BCUT2D eigenvalue weighted by molar-refractivity contribution is 5.95. The monoisotopic (exact) mass is 315 g/mol. The molecular weight excluding hydrogens is 294 g/mol. The number of amides is 1. The normalized spacial score (nSPS) is 12.2. The maximum absolute atomic E-state index is 12.5. The van der Waals surface area contributed by atoms with Crippen molar-refractivity contribution in [3.05, 3.63) is 53.3 Å². The molecule has 1 unspecified atom stereocenters. The molecule has 2 N–H and O–H groups in total. The Morgan fingerprint density at radius 1 is 1.26 bits per heavy atom. The number of rotatable bonds is 6. The van der Waals surface area contributed by atoms with Crippen molar-refractivity contribution in [1.82, 2.24) is 15.1 Å². The zero-order valence-electron chi connectivity index (χ0n) is 13.5. The van der Waals surface area contributed by atoms with E-state index in [1.807, 2.05) is 39.0 Å². The van der Waals surface area contributed by atoms with Crippen molar-refractivity contribution in [2.75, 3.05) is 0 Å². The van der Waals surface area contributed by atoms with Gasteiger partial charge in [0, 0.05) is 11.7 Å². The van der Waals surface area contributed by atoms with E-state index in [9.17, 15) is 9.59 Å². The van der Waals surface area contributed by atoms with Gasteiger partial charge in [0.1, 0.15) is 0 Å². The molecule has 1 atom stereocenters. The van der Waals surface area contributed by atoms with Crippen LogP contribution >= 0.6 is 0 Å². The molecule has 6 heteroatoms. The van der Waals surface area contributed by atoms with Crippen molar-refractivity contribution in [3.8, 4) is 0 Å². The van der Waals surface area contributed by atoms with Crippen molar-refractivity contribution in [1.29, 1.82) is 0 Å². The number of hydrogen-bond acceptors (Lipinski definition) is 3. The molecule has 1 aromatic carbocycles. The molecule has 23 heavy (non-hydrogen) atoms. The molecule has 6 nitrogen and oxygen atoms in total. The summed E-state index contributed by atoms with van der Waals surface area (Å²) in [5, 5.41) is 16.1. The van der Waals surface area contributed by atoms with Crippen molar-refractivity contribution in [3.63, 3.8) is 0 Å². The maximum Gasteiger partial charge on any atom is 0.305 e. The van der Waals surface area contributed by atoms with Gasteiger partial charge in [0.15, 0.2) is 0 Å². The highest BCUT2D eigenvalue weighted by Crippen LogP contribution is 2.19. The van der Waals surface area contributed by atoms with Crippen LogP contribution in [0.3, 0.4) is 0 Å².